The van der Waals surface area contributed by atoms with Gasteiger partial charge in [0, 0.05) is 5.56 Å². The van der Waals surface area contributed by atoms with Gasteiger partial charge in [0.15, 0.2) is 17.3 Å². The van der Waals surface area contributed by atoms with Crippen LogP contribution in [0.1, 0.15) is 5.56 Å². The molecule has 0 fully saturated rings. The summed E-state index contributed by atoms with van der Waals surface area (Å²) in [6.45, 7) is 0. The summed E-state index contributed by atoms with van der Waals surface area (Å²) < 4.78 is 4.83. The lowest BCUT2D eigenvalue weighted by Crippen LogP contribution is -2.13. The summed E-state index contributed by atoms with van der Waals surface area (Å²) in [6, 6.07) is 2.78. The van der Waals surface area contributed by atoms with Gasteiger partial charge in [-0.3, -0.25) is 0 Å². The van der Waals surface area contributed by atoms with Crippen molar-refractivity contribution in [1.29, 1.82) is 0 Å². The minimum atomic E-state index is -0.177. The lowest BCUT2D eigenvalue weighted by atomic mass is 10.2. The fourth-order valence-electron chi connectivity index (χ4n) is 0.935. The molecule has 0 atom stereocenters. The molecule has 0 bridgehead atoms. The van der Waals surface area contributed by atoms with Crippen LogP contribution in [0.25, 0.3) is 0 Å². The molecule has 0 saturated carbocycles. The smallest absolute Gasteiger partial charge is 0.176 e. The maximum absolute atomic E-state index is 9.38. The van der Waals surface area contributed by atoms with Crippen LogP contribution in [-0.2, 0) is 0 Å². The predicted molar refractivity (Wildman–Crippen MR) is 52.2 cm³/mol. The highest BCUT2D eigenvalue weighted by atomic mass is 35.5. The number of nitrogens with zero attached hydrogens (tertiary/aromatic N) is 1. The van der Waals surface area contributed by atoms with Gasteiger partial charge < -0.3 is 20.8 Å². The Kier molecular flexibility index (Phi) is 3.03. The van der Waals surface area contributed by atoms with E-state index in [1.165, 1.54) is 19.2 Å². The van der Waals surface area contributed by atoms with Crippen LogP contribution in [0.4, 0.5) is 0 Å². The van der Waals surface area contributed by atoms with Crippen molar-refractivity contribution in [3.05, 3.63) is 22.7 Å². The Morgan fingerprint density at radius 3 is 2.71 bits per heavy atom. The molecule has 0 aliphatic heterocycles. The van der Waals surface area contributed by atoms with Gasteiger partial charge in [-0.25, -0.2) is 0 Å². The normalized spacial score (nSPS) is 11.4. The number of oxime groups is 1. The van der Waals surface area contributed by atoms with E-state index in [4.69, 9.17) is 27.3 Å². The first kappa shape index (κ1) is 10.5. The van der Waals surface area contributed by atoms with E-state index >= 15 is 0 Å². The monoisotopic (exact) mass is 216 g/mol. The first-order valence-corrected chi connectivity index (χ1v) is 4.02. The second-order valence-electron chi connectivity index (χ2n) is 2.49. The molecular weight excluding hydrogens is 208 g/mol. The third-order valence-corrected chi connectivity index (χ3v) is 1.94. The van der Waals surface area contributed by atoms with Crippen LogP contribution in [0.5, 0.6) is 11.5 Å². The zero-order valence-electron chi connectivity index (χ0n) is 7.36. The van der Waals surface area contributed by atoms with E-state index < -0.39 is 0 Å². The number of hydrogen-bond acceptors (Lipinski definition) is 4. The third-order valence-electron chi connectivity index (χ3n) is 1.65. The molecule has 0 amide bonds. The van der Waals surface area contributed by atoms with E-state index in [1.54, 1.807) is 0 Å². The van der Waals surface area contributed by atoms with Gasteiger partial charge in [0.05, 0.1) is 12.1 Å². The van der Waals surface area contributed by atoms with E-state index in [0.29, 0.717) is 5.56 Å². The Hall–Kier alpha value is -1.62. The molecule has 76 valence electrons. The molecular formula is C8H9ClN2O3. The topological polar surface area (TPSA) is 88.1 Å². The van der Waals surface area contributed by atoms with Crippen LogP contribution in [0, 0.1) is 0 Å². The molecule has 0 unspecified atom stereocenters. The number of methoxy groups -OCH3 is 1. The average Bonchev–Trinajstić information content (AvgIpc) is 2.20. The number of ether oxygens (including phenoxy) is 1. The van der Waals surface area contributed by atoms with E-state index in [1.807, 2.05) is 0 Å². The Balaban J connectivity index is 3.30. The van der Waals surface area contributed by atoms with Crippen molar-refractivity contribution in [2.75, 3.05) is 7.11 Å². The summed E-state index contributed by atoms with van der Waals surface area (Å²) >= 11 is 5.68. The molecule has 14 heavy (non-hydrogen) atoms. The van der Waals surface area contributed by atoms with Crippen molar-refractivity contribution >= 4 is 17.4 Å². The van der Waals surface area contributed by atoms with Crippen molar-refractivity contribution in [2.24, 2.45) is 10.9 Å². The predicted octanol–water partition coefficient (Wildman–Crippen LogP) is 1.15. The van der Waals surface area contributed by atoms with Crippen LogP contribution in [0.15, 0.2) is 17.3 Å². The minimum absolute atomic E-state index is 0.0750. The van der Waals surface area contributed by atoms with Gasteiger partial charge in [-0.05, 0) is 12.1 Å². The van der Waals surface area contributed by atoms with E-state index in [2.05, 4.69) is 5.16 Å². The van der Waals surface area contributed by atoms with E-state index in [9.17, 15) is 5.11 Å². The molecule has 0 radical (unpaired) electrons. The van der Waals surface area contributed by atoms with Crippen molar-refractivity contribution in [1.82, 2.24) is 0 Å². The van der Waals surface area contributed by atoms with Gasteiger partial charge in [-0.15, -0.1) is 0 Å². The van der Waals surface area contributed by atoms with Crippen LogP contribution in [-0.4, -0.2) is 23.3 Å². The SMILES string of the molecule is COc1cc(/C(N)=N\O)cc(Cl)c1O. The Bertz CT molecular complexity index is 379. The zero-order chi connectivity index (χ0) is 10.7. The molecule has 4 N–H and O–H groups in total. The lowest BCUT2D eigenvalue weighted by molar-refractivity contribution is 0.318. The fourth-order valence-corrected chi connectivity index (χ4v) is 1.15. The van der Waals surface area contributed by atoms with E-state index in [0.717, 1.165) is 0 Å². The number of aromatic hydroxyl groups is 1. The molecule has 5 nitrogen and oxygen atoms in total. The lowest BCUT2D eigenvalue weighted by Gasteiger charge is -2.07. The van der Waals surface area contributed by atoms with Crippen molar-refractivity contribution in [2.45, 2.75) is 0 Å². The van der Waals surface area contributed by atoms with Crippen LogP contribution in [0.2, 0.25) is 5.02 Å². The number of phenolic OH excluding ortho intramolecular Hbond substituents is 1. The quantitative estimate of drug-likeness (QED) is 0.300. The zero-order valence-corrected chi connectivity index (χ0v) is 8.12. The van der Waals surface area contributed by atoms with Crippen molar-refractivity contribution < 1.29 is 15.1 Å². The summed E-state index contributed by atoms with van der Waals surface area (Å²) in [5.41, 5.74) is 5.71. The molecule has 0 aliphatic carbocycles. The van der Waals surface area contributed by atoms with Crippen LogP contribution < -0.4 is 10.5 Å². The first-order chi connectivity index (χ1) is 6.60. The second-order valence-corrected chi connectivity index (χ2v) is 2.90. The standard InChI is InChI=1S/C8H9ClN2O3/c1-14-6-3-4(8(10)11-13)2-5(9)7(6)12/h2-3,12-13H,1H3,(H2,10,11). The molecule has 0 saturated heterocycles. The molecule has 0 heterocycles. The number of nitrogens with two attached hydrogens (primary N) is 1. The molecule has 0 aromatic heterocycles. The first-order valence-electron chi connectivity index (χ1n) is 3.64. The molecule has 0 aliphatic rings. The minimum Gasteiger partial charge on any atom is -0.503 e. The third kappa shape index (κ3) is 1.82. The highest BCUT2D eigenvalue weighted by Crippen LogP contribution is 2.34. The van der Waals surface area contributed by atoms with Crippen LogP contribution >= 0.6 is 11.6 Å². The van der Waals surface area contributed by atoms with Crippen molar-refractivity contribution in [3.63, 3.8) is 0 Å². The highest BCUT2D eigenvalue weighted by Gasteiger charge is 2.10. The van der Waals surface area contributed by atoms with Crippen LogP contribution in [0.3, 0.4) is 0 Å². The molecule has 1 aromatic rings. The molecule has 0 spiro atoms. The number of hydrogen-bond donors (Lipinski definition) is 3. The summed E-state index contributed by atoms with van der Waals surface area (Å²) in [5, 5.41) is 20.7. The number of halogens is 1. The molecule has 1 rings (SSSR count). The summed E-state index contributed by atoms with van der Waals surface area (Å²) in [4.78, 5) is 0. The van der Waals surface area contributed by atoms with Crippen molar-refractivity contribution in [3.8, 4) is 11.5 Å². The average molecular weight is 217 g/mol. The maximum atomic E-state index is 9.38. The second kappa shape index (κ2) is 4.06. The van der Waals surface area contributed by atoms with Gasteiger partial charge >= 0.3 is 0 Å². The largest absolute Gasteiger partial charge is 0.503 e. The Labute approximate surface area is 85.4 Å². The van der Waals surface area contributed by atoms with Gasteiger partial charge in [0.25, 0.3) is 0 Å². The van der Waals surface area contributed by atoms with E-state index in [-0.39, 0.29) is 22.4 Å². The summed E-state index contributed by atoms with van der Waals surface area (Å²) in [7, 11) is 1.38. The Morgan fingerprint density at radius 1 is 1.57 bits per heavy atom. The van der Waals surface area contributed by atoms with Gasteiger partial charge in [0.1, 0.15) is 0 Å². The number of amidine groups is 1. The van der Waals surface area contributed by atoms with Gasteiger partial charge in [0.2, 0.25) is 0 Å². The fraction of sp³-hybridized carbons (Fsp3) is 0.125. The molecule has 1 aromatic carbocycles. The number of phenols is 1. The number of benzene rings is 1. The van der Waals surface area contributed by atoms with Gasteiger partial charge in [-0.1, -0.05) is 16.8 Å². The summed E-state index contributed by atoms with van der Waals surface area (Å²) in [6.07, 6.45) is 0. The molecule has 6 heteroatoms. The number of rotatable bonds is 2. The summed E-state index contributed by atoms with van der Waals surface area (Å²) in [5.74, 6) is -0.118. The maximum Gasteiger partial charge on any atom is 0.176 e. The Morgan fingerprint density at radius 2 is 2.21 bits per heavy atom. The van der Waals surface area contributed by atoms with Gasteiger partial charge in [-0.2, -0.15) is 0 Å². The highest BCUT2D eigenvalue weighted by molar-refractivity contribution is 6.32.